The Bertz CT molecular complexity index is 97.1. The Hall–Kier alpha value is 0.0300. The van der Waals surface area contributed by atoms with Crippen LogP contribution >= 0.6 is 11.6 Å². The van der Waals surface area contributed by atoms with Crippen LogP contribution in [-0.2, 0) is 0 Å². The van der Waals surface area contributed by atoms with E-state index >= 15 is 0 Å². The molecular formula is C8H13Cl. The molecule has 0 radical (unpaired) electrons. The van der Waals surface area contributed by atoms with Crippen molar-refractivity contribution in [2.75, 3.05) is 5.88 Å². The highest BCUT2D eigenvalue weighted by molar-refractivity contribution is 6.18. The largest absolute Gasteiger partial charge is 0.122 e. The molecule has 0 heterocycles. The van der Waals surface area contributed by atoms with Gasteiger partial charge in [-0.1, -0.05) is 18.1 Å². The van der Waals surface area contributed by atoms with E-state index in [0.717, 1.165) is 0 Å². The van der Waals surface area contributed by atoms with Crippen molar-refractivity contribution >= 4 is 11.6 Å². The molecule has 0 saturated heterocycles. The van der Waals surface area contributed by atoms with E-state index in [4.69, 9.17) is 11.6 Å². The lowest BCUT2D eigenvalue weighted by atomic mass is 9.95. The fourth-order valence-corrected chi connectivity index (χ4v) is 1.54. The van der Waals surface area contributed by atoms with Crippen LogP contribution in [0, 0.1) is 0 Å². The molecule has 0 aliphatic heterocycles. The minimum absolute atomic E-state index is 0.704. The van der Waals surface area contributed by atoms with Crippen LogP contribution in [0.25, 0.3) is 0 Å². The molecule has 0 aromatic carbocycles. The van der Waals surface area contributed by atoms with Gasteiger partial charge in [0.05, 0.1) is 0 Å². The fourth-order valence-electron chi connectivity index (χ4n) is 1.32. The van der Waals surface area contributed by atoms with E-state index in [1.54, 1.807) is 5.57 Å². The van der Waals surface area contributed by atoms with Gasteiger partial charge in [0, 0.05) is 5.88 Å². The zero-order valence-corrected chi connectivity index (χ0v) is 6.45. The number of hydrogen-bond donors (Lipinski definition) is 0. The Labute approximate surface area is 61.9 Å². The Morgan fingerprint density at radius 3 is 2.44 bits per heavy atom. The molecule has 1 aliphatic carbocycles. The molecule has 0 N–H and O–H groups in total. The lowest BCUT2D eigenvalue weighted by Crippen LogP contribution is -1.93. The number of hydrogen-bond acceptors (Lipinski definition) is 0. The Morgan fingerprint density at radius 2 is 1.89 bits per heavy atom. The number of alkyl halides is 1. The highest BCUT2D eigenvalue weighted by atomic mass is 35.5. The van der Waals surface area contributed by atoms with Crippen LogP contribution in [0.4, 0.5) is 0 Å². The zero-order chi connectivity index (χ0) is 6.53. The van der Waals surface area contributed by atoms with Crippen LogP contribution in [0.2, 0.25) is 0 Å². The van der Waals surface area contributed by atoms with Crippen LogP contribution in [-0.4, -0.2) is 5.88 Å². The van der Waals surface area contributed by atoms with Crippen molar-refractivity contribution in [3.8, 4) is 0 Å². The summed E-state index contributed by atoms with van der Waals surface area (Å²) in [6, 6.07) is 0. The first-order valence-corrected chi connectivity index (χ1v) is 4.21. The minimum Gasteiger partial charge on any atom is -0.122 e. The number of allylic oxidation sites excluding steroid dienone is 2. The molecule has 1 fully saturated rings. The lowest BCUT2D eigenvalue weighted by Gasteiger charge is -2.12. The summed E-state index contributed by atoms with van der Waals surface area (Å²) < 4.78 is 0. The predicted molar refractivity (Wildman–Crippen MR) is 41.9 cm³/mol. The second kappa shape index (κ2) is 3.94. The highest BCUT2D eigenvalue weighted by Crippen LogP contribution is 2.22. The fraction of sp³-hybridized carbons (Fsp3) is 0.750. The van der Waals surface area contributed by atoms with Crippen molar-refractivity contribution in [3.05, 3.63) is 11.6 Å². The Kier molecular flexibility index (Phi) is 3.13. The van der Waals surface area contributed by atoms with Crippen LogP contribution in [0.1, 0.15) is 32.1 Å². The molecule has 1 saturated carbocycles. The normalized spacial score (nSPS) is 19.9. The van der Waals surface area contributed by atoms with Gasteiger partial charge in [0.15, 0.2) is 0 Å². The van der Waals surface area contributed by atoms with Crippen molar-refractivity contribution in [3.63, 3.8) is 0 Å². The first-order valence-electron chi connectivity index (χ1n) is 3.67. The van der Waals surface area contributed by atoms with Gasteiger partial charge in [-0.2, -0.15) is 0 Å². The average Bonchev–Trinajstić information content (AvgIpc) is 1.91. The van der Waals surface area contributed by atoms with Gasteiger partial charge < -0.3 is 0 Å². The molecule has 0 spiro atoms. The van der Waals surface area contributed by atoms with Crippen molar-refractivity contribution in [2.24, 2.45) is 0 Å². The molecule has 1 aliphatic rings. The van der Waals surface area contributed by atoms with Crippen LogP contribution in [0.5, 0.6) is 0 Å². The summed E-state index contributed by atoms with van der Waals surface area (Å²) in [5.74, 6) is 0.704. The van der Waals surface area contributed by atoms with E-state index in [1.807, 2.05) is 0 Å². The zero-order valence-electron chi connectivity index (χ0n) is 5.70. The van der Waals surface area contributed by atoms with Gasteiger partial charge in [0.1, 0.15) is 0 Å². The molecule has 1 heteroatoms. The SMILES string of the molecule is ClCC=C1CCCCC1. The van der Waals surface area contributed by atoms with E-state index in [0.29, 0.717) is 5.88 Å². The highest BCUT2D eigenvalue weighted by Gasteiger charge is 2.02. The average molecular weight is 145 g/mol. The smallest absolute Gasteiger partial charge is 0.0406 e. The van der Waals surface area contributed by atoms with Crippen LogP contribution in [0.3, 0.4) is 0 Å². The molecular weight excluding hydrogens is 132 g/mol. The van der Waals surface area contributed by atoms with E-state index in [-0.39, 0.29) is 0 Å². The molecule has 1 rings (SSSR count). The van der Waals surface area contributed by atoms with E-state index in [2.05, 4.69) is 6.08 Å². The monoisotopic (exact) mass is 144 g/mol. The third-order valence-electron chi connectivity index (χ3n) is 1.86. The van der Waals surface area contributed by atoms with Gasteiger partial charge in [-0.25, -0.2) is 0 Å². The lowest BCUT2D eigenvalue weighted by molar-refractivity contribution is 0.598. The first-order chi connectivity index (χ1) is 4.43. The van der Waals surface area contributed by atoms with Gasteiger partial charge in [0.2, 0.25) is 0 Å². The van der Waals surface area contributed by atoms with Gasteiger partial charge in [-0.15, -0.1) is 11.6 Å². The summed E-state index contributed by atoms with van der Waals surface area (Å²) in [5, 5.41) is 0. The van der Waals surface area contributed by atoms with Crippen molar-refractivity contribution in [1.82, 2.24) is 0 Å². The molecule has 0 aromatic heterocycles. The first kappa shape index (κ1) is 7.14. The summed E-state index contributed by atoms with van der Waals surface area (Å²) in [4.78, 5) is 0. The molecule has 52 valence electrons. The standard InChI is InChI=1S/C8H13Cl/c9-7-6-8-4-2-1-3-5-8/h6H,1-5,7H2. The van der Waals surface area contributed by atoms with Crippen LogP contribution in [0.15, 0.2) is 11.6 Å². The summed E-state index contributed by atoms with van der Waals surface area (Å²) in [6.07, 6.45) is 8.94. The van der Waals surface area contributed by atoms with Crippen molar-refractivity contribution in [1.29, 1.82) is 0 Å². The van der Waals surface area contributed by atoms with Gasteiger partial charge in [-0.05, 0) is 25.7 Å². The third-order valence-corrected chi connectivity index (χ3v) is 2.02. The van der Waals surface area contributed by atoms with Crippen molar-refractivity contribution in [2.45, 2.75) is 32.1 Å². The topological polar surface area (TPSA) is 0 Å². The second-order valence-electron chi connectivity index (χ2n) is 2.58. The third kappa shape index (κ3) is 2.40. The van der Waals surface area contributed by atoms with Crippen molar-refractivity contribution < 1.29 is 0 Å². The molecule has 0 atom stereocenters. The molecule has 0 aromatic rings. The maximum absolute atomic E-state index is 5.56. The summed E-state index contributed by atoms with van der Waals surface area (Å²) in [7, 11) is 0. The number of halogens is 1. The Morgan fingerprint density at radius 1 is 1.22 bits per heavy atom. The summed E-state index contributed by atoms with van der Waals surface area (Å²) >= 11 is 5.56. The van der Waals surface area contributed by atoms with E-state index in [9.17, 15) is 0 Å². The number of rotatable bonds is 1. The molecule has 0 amide bonds. The van der Waals surface area contributed by atoms with Gasteiger partial charge in [-0.3, -0.25) is 0 Å². The molecule has 9 heavy (non-hydrogen) atoms. The molecule has 0 unspecified atom stereocenters. The maximum atomic E-state index is 5.56. The predicted octanol–water partition coefficient (Wildman–Crippen LogP) is 3.12. The van der Waals surface area contributed by atoms with Gasteiger partial charge >= 0.3 is 0 Å². The van der Waals surface area contributed by atoms with E-state index in [1.165, 1.54) is 32.1 Å². The maximum Gasteiger partial charge on any atom is 0.0406 e. The quantitative estimate of drug-likeness (QED) is 0.392. The Balaban J connectivity index is 2.30. The summed E-state index contributed by atoms with van der Waals surface area (Å²) in [6.45, 7) is 0. The van der Waals surface area contributed by atoms with Crippen LogP contribution < -0.4 is 0 Å². The second-order valence-corrected chi connectivity index (χ2v) is 2.89. The minimum atomic E-state index is 0.704. The molecule has 0 nitrogen and oxygen atoms in total. The molecule has 0 bridgehead atoms. The van der Waals surface area contributed by atoms with E-state index < -0.39 is 0 Å². The summed E-state index contributed by atoms with van der Waals surface area (Å²) in [5.41, 5.74) is 1.58. The van der Waals surface area contributed by atoms with Gasteiger partial charge in [0.25, 0.3) is 0 Å².